The second kappa shape index (κ2) is 6.51. The van der Waals surface area contributed by atoms with Crippen LogP contribution in [0.15, 0.2) is 72.8 Å². The molecule has 3 aromatic carbocycles. The minimum absolute atomic E-state index is 1.28. The Morgan fingerprint density at radius 2 is 0.696 bits per heavy atom. The van der Waals surface area contributed by atoms with Crippen LogP contribution in [0.5, 0.6) is 0 Å². The molecule has 0 fully saturated rings. The first-order valence-electron chi connectivity index (χ1n) is 7.94. The summed E-state index contributed by atoms with van der Waals surface area (Å²) in [6.07, 6.45) is 0. The van der Waals surface area contributed by atoms with Crippen molar-refractivity contribution in [3.63, 3.8) is 0 Å². The average Bonchev–Trinajstić information content (AvgIpc) is 2.56. The zero-order chi connectivity index (χ0) is 16.4. The Morgan fingerprint density at radius 1 is 0.478 bits per heavy atom. The average molecular weight is 338 g/mol. The zero-order valence-electron chi connectivity index (χ0n) is 13.9. The monoisotopic (exact) mass is 338 g/mol. The van der Waals surface area contributed by atoms with Gasteiger partial charge in [-0.1, -0.05) is 0 Å². The minimum atomic E-state index is -2.25. The molecule has 0 bridgehead atoms. The van der Waals surface area contributed by atoms with Gasteiger partial charge in [-0.05, 0) is 0 Å². The number of aryl methyl sites for hydroxylation is 3. The summed E-state index contributed by atoms with van der Waals surface area (Å²) in [6.45, 7) is 4.13. The molecule has 3 rings (SSSR count). The summed E-state index contributed by atoms with van der Waals surface area (Å²) in [6, 6.07) is 26.6. The summed E-state index contributed by atoms with van der Waals surface area (Å²) in [5.41, 5.74) is 3.85. The van der Waals surface area contributed by atoms with E-state index >= 15 is 0 Å². The molecule has 2 heteroatoms. The van der Waals surface area contributed by atoms with Gasteiger partial charge in [0.05, 0.1) is 0 Å². The van der Waals surface area contributed by atoms with Crippen molar-refractivity contribution >= 4 is 34.6 Å². The van der Waals surface area contributed by atoms with Crippen molar-refractivity contribution in [2.24, 2.45) is 0 Å². The fourth-order valence-electron chi connectivity index (χ4n) is 2.88. The zero-order valence-corrected chi connectivity index (χ0v) is 15.8. The molecule has 0 aliphatic heterocycles. The van der Waals surface area contributed by atoms with Crippen LogP contribution in [-0.2, 0) is 0 Å². The molecule has 0 spiro atoms. The molecule has 3 aromatic rings. The van der Waals surface area contributed by atoms with E-state index in [0.29, 0.717) is 0 Å². The molecule has 0 saturated carbocycles. The predicted molar refractivity (Wildman–Crippen MR) is 110 cm³/mol. The van der Waals surface area contributed by atoms with Gasteiger partial charge in [0.1, 0.15) is 0 Å². The van der Waals surface area contributed by atoms with Crippen molar-refractivity contribution in [2.45, 2.75) is 20.8 Å². The van der Waals surface area contributed by atoms with Gasteiger partial charge in [0, 0.05) is 0 Å². The fraction of sp³-hybridized carbons (Fsp3) is 0.143. The van der Waals surface area contributed by atoms with Gasteiger partial charge in [0.25, 0.3) is 0 Å². The van der Waals surface area contributed by atoms with Crippen LogP contribution in [0.25, 0.3) is 0 Å². The Bertz CT molecular complexity index is 676. The standard InChI is InChI=1S/C21H23PS/c1-16-4-10-19(11-5-16)22(23,20-12-6-17(2)7-13-20)21-14-8-18(3)9-15-21/h4-15,22-23H,1-3H3. The van der Waals surface area contributed by atoms with Crippen LogP contribution in [0.3, 0.4) is 0 Å². The molecular weight excluding hydrogens is 315 g/mol. The first-order chi connectivity index (χ1) is 11.0. The topological polar surface area (TPSA) is 0 Å². The summed E-state index contributed by atoms with van der Waals surface area (Å²) < 4.78 is 0. The predicted octanol–water partition coefficient (Wildman–Crippen LogP) is 4.48. The molecule has 118 valence electrons. The summed E-state index contributed by atoms with van der Waals surface area (Å²) >= 11 is 5.33. The first kappa shape index (κ1) is 16.3. The maximum absolute atomic E-state index is 5.33. The third-order valence-corrected chi connectivity index (χ3v) is 10.2. The van der Waals surface area contributed by atoms with Gasteiger partial charge in [0.2, 0.25) is 0 Å². The van der Waals surface area contributed by atoms with Crippen LogP contribution in [0.2, 0.25) is 0 Å². The van der Waals surface area contributed by atoms with E-state index in [9.17, 15) is 0 Å². The van der Waals surface area contributed by atoms with E-state index in [1.54, 1.807) is 0 Å². The molecule has 0 nitrogen and oxygen atoms in total. The first-order valence-corrected chi connectivity index (χ1v) is 11.2. The van der Waals surface area contributed by atoms with E-state index in [4.69, 9.17) is 12.2 Å². The van der Waals surface area contributed by atoms with Crippen molar-refractivity contribution in [3.8, 4) is 0 Å². The van der Waals surface area contributed by atoms with Gasteiger partial charge in [0.15, 0.2) is 0 Å². The molecular formula is C21H23PS. The normalized spacial score (nSPS) is 12.2. The molecule has 0 atom stereocenters. The van der Waals surface area contributed by atoms with Gasteiger partial charge >= 0.3 is 145 Å². The molecule has 0 unspecified atom stereocenters. The van der Waals surface area contributed by atoms with Crippen molar-refractivity contribution < 1.29 is 0 Å². The summed E-state index contributed by atoms with van der Waals surface area (Å²) in [5.74, 6) is 0. The van der Waals surface area contributed by atoms with Crippen LogP contribution in [-0.4, -0.2) is 0 Å². The van der Waals surface area contributed by atoms with Crippen molar-refractivity contribution in [1.82, 2.24) is 0 Å². The van der Waals surface area contributed by atoms with Crippen LogP contribution in [0.4, 0.5) is 0 Å². The number of thiol groups is 1. The molecule has 0 aliphatic carbocycles. The van der Waals surface area contributed by atoms with Crippen molar-refractivity contribution in [1.29, 1.82) is 0 Å². The maximum atomic E-state index is 5.33. The quantitative estimate of drug-likeness (QED) is 0.528. The molecule has 0 amide bonds. The van der Waals surface area contributed by atoms with Crippen LogP contribution >= 0.6 is 18.7 Å². The third kappa shape index (κ3) is 3.22. The van der Waals surface area contributed by atoms with Gasteiger partial charge < -0.3 is 0 Å². The number of hydrogen-bond acceptors (Lipinski definition) is 1. The van der Waals surface area contributed by atoms with Gasteiger partial charge in [-0.2, -0.15) is 0 Å². The Balaban J connectivity index is 2.21. The molecule has 0 saturated heterocycles. The Morgan fingerprint density at radius 3 is 0.913 bits per heavy atom. The van der Waals surface area contributed by atoms with Crippen molar-refractivity contribution in [2.75, 3.05) is 0 Å². The number of benzene rings is 3. The van der Waals surface area contributed by atoms with E-state index in [1.165, 1.54) is 32.6 Å². The summed E-state index contributed by atoms with van der Waals surface area (Å²) in [7, 11) is 0. The van der Waals surface area contributed by atoms with Crippen molar-refractivity contribution in [3.05, 3.63) is 89.5 Å². The molecule has 0 N–H and O–H groups in total. The SMILES string of the molecule is Cc1ccc([PH](S)(c2ccc(C)cc2)c2ccc(C)cc2)cc1. The van der Waals surface area contributed by atoms with Crippen LogP contribution < -0.4 is 15.9 Å². The summed E-state index contributed by atoms with van der Waals surface area (Å²) in [4.78, 5) is 0. The molecule has 0 radical (unpaired) electrons. The van der Waals surface area contributed by atoms with E-state index in [0.717, 1.165) is 0 Å². The number of rotatable bonds is 3. The van der Waals surface area contributed by atoms with Crippen LogP contribution in [0.1, 0.15) is 16.7 Å². The van der Waals surface area contributed by atoms with Gasteiger partial charge in [-0.25, -0.2) is 0 Å². The fourth-order valence-corrected chi connectivity index (χ4v) is 7.17. The van der Waals surface area contributed by atoms with Gasteiger partial charge in [-0.3, -0.25) is 0 Å². The summed E-state index contributed by atoms with van der Waals surface area (Å²) in [5, 5.41) is 4.00. The van der Waals surface area contributed by atoms with E-state index in [2.05, 4.69) is 93.6 Å². The molecule has 23 heavy (non-hydrogen) atoms. The number of hydrogen-bond donors (Lipinski definition) is 1. The Labute approximate surface area is 145 Å². The van der Waals surface area contributed by atoms with E-state index in [-0.39, 0.29) is 0 Å². The van der Waals surface area contributed by atoms with Crippen LogP contribution in [0, 0.1) is 20.8 Å². The Hall–Kier alpha value is -1.56. The Kier molecular flexibility index (Phi) is 4.62. The molecule has 0 aliphatic rings. The second-order valence-corrected chi connectivity index (χ2v) is 11.5. The molecule has 0 heterocycles. The third-order valence-electron chi connectivity index (χ3n) is 4.41. The second-order valence-electron chi connectivity index (χ2n) is 6.31. The molecule has 0 aromatic heterocycles. The van der Waals surface area contributed by atoms with E-state index in [1.807, 2.05) is 0 Å². The van der Waals surface area contributed by atoms with E-state index < -0.39 is 6.46 Å². The van der Waals surface area contributed by atoms with Gasteiger partial charge in [-0.15, -0.1) is 0 Å².